The van der Waals surface area contributed by atoms with E-state index in [1.54, 1.807) is 11.3 Å². The first-order chi connectivity index (χ1) is 9.28. The summed E-state index contributed by atoms with van der Waals surface area (Å²) in [6.45, 7) is 0.293. The van der Waals surface area contributed by atoms with Gasteiger partial charge in [0.05, 0.1) is 0 Å². The number of aliphatic hydroxyl groups excluding tert-OH is 1. The van der Waals surface area contributed by atoms with Crippen LogP contribution in [0, 0.1) is 5.92 Å². The number of hydrogen-bond acceptors (Lipinski definition) is 3. The van der Waals surface area contributed by atoms with Crippen molar-refractivity contribution in [3.63, 3.8) is 0 Å². The Morgan fingerprint density at radius 3 is 2.79 bits per heavy atom. The minimum Gasteiger partial charge on any atom is -0.396 e. The Labute approximate surface area is 119 Å². The van der Waals surface area contributed by atoms with E-state index in [1.807, 2.05) is 0 Å². The number of rotatable bonds is 6. The molecular formula is C15H23NO2S. The normalized spacial score (nSPS) is 23.2. The molecule has 3 nitrogen and oxygen atoms in total. The van der Waals surface area contributed by atoms with Crippen LogP contribution in [0.3, 0.4) is 0 Å². The maximum atomic E-state index is 11.8. The lowest BCUT2D eigenvalue weighted by Crippen LogP contribution is -2.38. The van der Waals surface area contributed by atoms with E-state index in [9.17, 15) is 4.79 Å². The van der Waals surface area contributed by atoms with Gasteiger partial charge < -0.3 is 10.4 Å². The van der Waals surface area contributed by atoms with Crippen LogP contribution in [0.15, 0.2) is 17.5 Å². The van der Waals surface area contributed by atoms with E-state index in [1.165, 1.54) is 4.88 Å². The van der Waals surface area contributed by atoms with Gasteiger partial charge in [-0.15, -0.1) is 11.3 Å². The molecule has 2 rings (SSSR count). The molecule has 0 aromatic carbocycles. The van der Waals surface area contributed by atoms with Crippen molar-refractivity contribution in [1.82, 2.24) is 5.32 Å². The van der Waals surface area contributed by atoms with Crippen LogP contribution in [0.1, 0.15) is 43.4 Å². The van der Waals surface area contributed by atoms with Crippen LogP contribution < -0.4 is 5.32 Å². The molecule has 4 heteroatoms. The second-order valence-electron chi connectivity index (χ2n) is 5.40. The van der Waals surface area contributed by atoms with Crippen molar-refractivity contribution in [1.29, 1.82) is 0 Å². The minimum absolute atomic E-state index is 0.184. The number of carbonyl (C=O) groups excluding carboxylic acids is 1. The lowest BCUT2D eigenvalue weighted by Gasteiger charge is -2.27. The van der Waals surface area contributed by atoms with Crippen molar-refractivity contribution < 1.29 is 9.90 Å². The predicted molar refractivity (Wildman–Crippen MR) is 78.2 cm³/mol. The molecule has 0 bridgehead atoms. The molecule has 0 unspecified atom stereocenters. The van der Waals surface area contributed by atoms with Crippen LogP contribution in [0.4, 0.5) is 0 Å². The molecule has 1 aliphatic rings. The van der Waals surface area contributed by atoms with Gasteiger partial charge in [-0.25, -0.2) is 0 Å². The lowest BCUT2D eigenvalue weighted by atomic mass is 9.86. The van der Waals surface area contributed by atoms with Gasteiger partial charge in [-0.2, -0.15) is 0 Å². The Balaban J connectivity index is 1.59. The molecule has 1 amide bonds. The first kappa shape index (κ1) is 14.5. The van der Waals surface area contributed by atoms with Crippen molar-refractivity contribution in [2.45, 2.75) is 51.0 Å². The maximum Gasteiger partial charge on any atom is 0.220 e. The van der Waals surface area contributed by atoms with Gasteiger partial charge in [0.25, 0.3) is 0 Å². The molecule has 0 atom stereocenters. The van der Waals surface area contributed by atoms with E-state index in [2.05, 4.69) is 22.8 Å². The van der Waals surface area contributed by atoms with Gasteiger partial charge in [0, 0.05) is 23.9 Å². The summed E-state index contributed by atoms with van der Waals surface area (Å²) < 4.78 is 0. The van der Waals surface area contributed by atoms with E-state index in [0.29, 0.717) is 25.0 Å². The molecule has 19 heavy (non-hydrogen) atoms. The summed E-state index contributed by atoms with van der Waals surface area (Å²) in [4.78, 5) is 13.2. The molecular weight excluding hydrogens is 258 g/mol. The van der Waals surface area contributed by atoms with Gasteiger partial charge in [0.15, 0.2) is 0 Å². The number of aliphatic hydroxyl groups is 1. The second-order valence-corrected chi connectivity index (χ2v) is 6.43. The number of thiophene rings is 1. The molecule has 1 heterocycles. The molecule has 1 aliphatic carbocycles. The highest BCUT2D eigenvalue weighted by Crippen LogP contribution is 2.23. The van der Waals surface area contributed by atoms with Crippen LogP contribution in [0.5, 0.6) is 0 Å². The zero-order valence-corrected chi connectivity index (χ0v) is 12.1. The Morgan fingerprint density at radius 1 is 1.37 bits per heavy atom. The molecule has 1 saturated carbocycles. The fourth-order valence-electron chi connectivity index (χ4n) is 2.67. The van der Waals surface area contributed by atoms with Crippen molar-refractivity contribution in [3.8, 4) is 0 Å². The molecule has 1 aromatic heterocycles. The molecule has 0 saturated heterocycles. The highest BCUT2D eigenvalue weighted by molar-refractivity contribution is 7.09. The zero-order valence-electron chi connectivity index (χ0n) is 11.3. The number of carbonyl (C=O) groups is 1. The van der Waals surface area contributed by atoms with Crippen molar-refractivity contribution >= 4 is 17.2 Å². The largest absolute Gasteiger partial charge is 0.396 e. The summed E-state index contributed by atoms with van der Waals surface area (Å²) in [5, 5.41) is 14.3. The third kappa shape index (κ3) is 4.96. The SMILES string of the molecule is O=C(CCCc1cccs1)NC1CCC(CO)CC1. The molecule has 1 aromatic rings. The third-order valence-corrected chi connectivity index (χ3v) is 4.81. The van der Waals surface area contributed by atoms with Crippen molar-refractivity contribution in [2.24, 2.45) is 5.92 Å². The van der Waals surface area contributed by atoms with E-state index >= 15 is 0 Å². The monoisotopic (exact) mass is 281 g/mol. The average molecular weight is 281 g/mol. The van der Waals surface area contributed by atoms with Crippen LogP contribution >= 0.6 is 11.3 Å². The fraction of sp³-hybridized carbons (Fsp3) is 0.667. The molecule has 106 valence electrons. The van der Waals surface area contributed by atoms with Crippen LogP contribution in [-0.4, -0.2) is 23.7 Å². The number of aryl methyl sites for hydroxylation is 1. The Bertz CT molecular complexity index is 370. The molecule has 0 radical (unpaired) electrons. The molecule has 1 fully saturated rings. The maximum absolute atomic E-state index is 11.8. The van der Waals surface area contributed by atoms with E-state index in [-0.39, 0.29) is 5.91 Å². The predicted octanol–water partition coefficient (Wildman–Crippen LogP) is 2.74. The van der Waals surface area contributed by atoms with E-state index in [4.69, 9.17) is 5.11 Å². The first-order valence-electron chi connectivity index (χ1n) is 7.20. The number of hydrogen-bond donors (Lipinski definition) is 2. The van der Waals surface area contributed by atoms with Crippen molar-refractivity contribution in [2.75, 3.05) is 6.61 Å². The van der Waals surface area contributed by atoms with Crippen LogP contribution in [-0.2, 0) is 11.2 Å². The van der Waals surface area contributed by atoms with Gasteiger partial charge in [0.2, 0.25) is 5.91 Å². The minimum atomic E-state index is 0.184. The first-order valence-corrected chi connectivity index (χ1v) is 8.08. The third-order valence-electron chi connectivity index (χ3n) is 3.88. The lowest BCUT2D eigenvalue weighted by molar-refractivity contribution is -0.122. The Hall–Kier alpha value is -0.870. The highest BCUT2D eigenvalue weighted by atomic mass is 32.1. The van der Waals surface area contributed by atoms with Crippen molar-refractivity contribution in [3.05, 3.63) is 22.4 Å². The molecule has 0 spiro atoms. The Kier molecular flexibility index (Phi) is 5.86. The van der Waals surface area contributed by atoms with Gasteiger partial charge in [-0.05, 0) is 55.9 Å². The number of amides is 1. The molecule has 2 N–H and O–H groups in total. The summed E-state index contributed by atoms with van der Waals surface area (Å²) in [5.41, 5.74) is 0. The van der Waals surface area contributed by atoms with Gasteiger partial charge >= 0.3 is 0 Å². The highest BCUT2D eigenvalue weighted by Gasteiger charge is 2.21. The summed E-state index contributed by atoms with van der Waals surface area (Å²) in [6, 6.07) is 4.51. The van der Waals surface area contributed by atoms with E-state index in [0.717, 1.165) is 38.5 Å². The standard InChI is InChI=1S/C15H23NO2S/c17-11-12-6-8-13(9-7-12)16-15(18)5-1-3-14-4-2-10-19-14/h2,4,10,12-13,17H,1,3,5-9,11H2,(H,16,18). The van der Waals surface area contributed by atoms with Gasteiger partial charge in [-0.1, -0.05) is 6.07 Å². The Morgan fingerprint density at radius 2 is 2.16 bits per heavy atom. The van der Waals surface area contributed by atoms with Crippen LogP contribution in [0.25, 0.3) is 0 Å². The topological polar surface area (TPSA) is 49.3 Å². The summed E-state index contributed by atoms with van der Waals surface area (Å²) >= 11 is 1.76. The average Bonchev–Trinajstić information content (AvgIpc) is 2.93. The van der Waals surface area contributed by atoms with E-state index < -0.39 is 0 Å². The zero-order chi connectivity index (χ0) is 13.5. The number of nitrogens with one attached hydrogen (secondary N) is 1. The van der Waals surface area contributed by atoms with Crippen LogP contribution in [0.2, 0.25) is 0 Å². The van der Waals surface area contributed by atoms with Gasteiger partial charge in [0.1, 0.15) is 0 Å². The molecule has 0 aliphatic heterocycles. The fourth-order valence-corrected chi connectivity index (χ4v) is 3.42. The summed E-state index contributed by atoms with van der Waals surface area (Å²) in [5.74, 6) is 0.635. The van der Waals surface area contributed by atoms with Gasteiger partial charge in [-0.3, -0.25) is 4.79 Å². The smallest absolute Gasteiger partial charge is 0.220 e. The quantitative estimate of drug-likeness (QED) is 0.842. The summed E-state index contributed by atoms with van der Waals surface area (Å²) in [6.07, 6.45) is 6.66. The summed E-state index contributed by atoms with van der Waals surface area (Å²) in [7, 11) is 0. The second kappa shape index (κ2) is 7.65.